The van der Waals surface area contributed by atoms with Gasteiger partial charge in [0.15, 0.2) is 0 Å². The van der Waals surface area contributed by atoms with Gasteiger partial charge in [-0.2, -0.15) is 0 Å². The Labute approximate surface area is 378 Å². The van der Waals surface area contributed by atoms with Crippen LogP contribution < -0.4 is 5.32 Å². The summed E-state index contributed by atoms with van der Waals surface area (Å²) in [6.07, 6.45) is 56.2. The highest BCUT2D eigenvalue weighted by molar-refractivity contribution is 7.47. The number of carbonyl (C=O) groups excluding carboxylic acids is 1. The van der Waals surface area contributed by atoms with Crippen LogP contribution in [-0.2, 0) is 18.4 Å². The summed E-state index contributed by atoms with van der Waals surface area (Å²) < 4.78 is 23.6. The lowest BCUT2D eigenvalue weighted by Gasteiger charge is -2.25. The first-order valence-electron chi connectivity index (χ1n) is 25.5. The van der Waals surface area contributed by atoms with Crippen molar-refractivity contribution in [3.63, 3.8) is 0 Å². The van der Waals surface area contributed by atoms with Crippen molar-refractivity contribution in [2.45, 2.75) is 238 Å². The van der Waals surface area contributed by atoms with Gasteiger partial charge in [0, 0.05) is 6.42 Å². The minimum Gasteiger partial charge on any atom is -0.387 e. The van der Waals surface area contributed by atoms with E-state index in [1.165, 1.54) is 161 Å². The highest BCUT2D eigenvalue weighted by Gasteiger charge is 2.27. The molecule has 3 atom stereocenters. The molecule has 61 heavy (non-hydrogen) atoms. The predicted octanol–water partition coefficient (Wildman–Crippen LogP) is 14.8. The number of nitrogens with zero attached hydrogens (tertiary/aromatic N) is 1. The maximum atomic E-state index is 12.9. The number of amides is 1. The lowest BCUT2D eigenvalue weighted by molar-refractivity contribution is -0.870. The van der Waals surface area contributed by atoms with Crippen molar-refractivity contribution in [1.29, 1.82) is 0 Å². The van der Waals surface area contributed by atoms with Crippen molar-refractivity contribution in [2.75, 3.05) is 40.9 Å². The summed E-state index contributed by atoms with van der Waals surface area (Å²) >= 11 is 0. The molecule has 8 nitrogen and oxygen atoms in total. The fourth-order valence-electron chi connectivity index (χ4n) is 7.21. The van der Waals surface area contributed by atoms with E-state index in [0.29, 0.717) is 17.4 Å². The van der Waals surface area contributed by atoms with E-state index in [9.17, 15) is 19.4 Å². The number of unbranched alkanes of at least 4 members (excludes halogenated alkanes) is 27. The van der Waals surface area contributed by atoms with Gasteiger partial charge in [0.05, 0.1) is 39.9 Å². The van der Waals surface area contributed by atoms with Crippen LogP contribution in [0.1, 0.15) is 226 Å². The number of nitrogens with one attached hydrogen (secondary N) is 1. The quantitative estimate of drug-likeness (QED) is 0.0243. The largest absolute Gasteiger partial charge is 0.472 e. The molecule has 0 radical (unpaired) electrons. The Morgan fingerprint density at radius 1 is 0.557 bits per heavy atom. The average molecular weight is 880 g/mol. The Morgan fingerprint density at radius 3 is 1.44 bits per heavy atom. The molecule has 0 aliphatic heterocycles. The average Bonchev–Trinajstić information content (AvgIpc) is 3.21. The number of carbonyl (C=O) groups is 1. The van der Waals surface area contributed by atoms with Crippen molar-refractivity contribution in [2.24, 2.45) is 0 Å². The molecule has 0 aliphatic carbocycles. The third kappa shape index (κ3) is 46.3. The number of aliphatic hydroxyl groups is 1. The first-order chi connectivity index (χ1) is 29.5. The first-order valence-corrected chi connectivity index (χ1v) is 27.0. The lowest BCUT2D eigenvalue weighted by Crippen LogP contribution is -2.45. The Morgan fingerprint density at radius 2 is 0.951 bits per heavy atom. The van der Waals surface area contributed by atoms with Crippen molar-refractivity contribution >= 4 is 13.7 Å². The molecule has 0 heterocycles. The molecule has 3 N–H and O–H groups in total. The molecule has 3 unspecified atom stereocenters. The van der Waals surface area contributed by atoms with E-state index in [2.05, 4.69) is 55.6 Å². The summed E-state index contributed by atoms with van der Waals surface area (Å²) in [4.78, 5) is 23.2. The van der Waals surface area contributed by atoms with Crippen LogP contribution in [0.25, 0.3) is 0 Å². The highest BCUT2D eigenvalue weighted by atomic mass is 31.2. The number of phosphoric ester groups is 1. The minimum atomic E-state index is -4.35. The Balaban J connectivity index is 4.38. The summed E-state index contributed by atoms with van der Waals surface area (Å²) in [5.41, 5.74) is 0. The maximum absolute atomic E-state index is 12.9. The van der Waals surface area contributed by atoms with Crippen molar-refractivity contribution in [3.8, 4) is 0 Å². The molecule has 0 saturated carbocycles. The van der Waals surface area contributed by atoms with Gasteiger partial charge in [-0.05, 0) is 64.2 Å². The van der Waals surface area contributed by atoms with E-state index in [1.54, 1.807) is 6.08 Å². The van der Waals surface area contributed by atoms with E-state index >= 15 is 0 Å². The standard InChI is InChI=1S/C52H99N2O6P/c1-6-8-10-12-14-16-18-20-22-24-26-28-29-31-33-35-37-39-41-43-45-51(55)50(49-60-61(57,58)59-48-47-54(3,4)5)53-52(56)46-44-42-40-38-36-34-32-30-27-25-23-21-19-17-15-13-11-9-7-2/h15,17,21,23,35,37,43,45,50-51,55H,6-14,16,18-20,22,24-34,36,38-42,44,46-49H2,1-5H3,(H-,53,56,57,58)/p+1/b17-15-,23-21-,37-35+,45-43+. The second-order valence-corrected chi connectivity index (χ2v) is 20.0. The number of allylic oxidation sites excluding steroid dienone is 7. The van der Waals surface area contributed by atoms with Crippen LogP contribution in [-0.4, -0.2) is 73.4 Å². The summed E-state index contributed by atoms with van der Waals surface area (Å²) in [7, 11) is 1.55. The molecule has 0 spiro atoms. The van der Waals surface area contributed by atoms with Gasteiger partial charge >= 0.3 is 7.82 Å². The Bertz CT molecular complexity index is 1130. The number of hydrogen-bond acceptors (Lipinski definition) is 5. The van der Waals surface area contributed by atoms with Gasteiger partial charge in [-0.15, -0.1) is 0 Å². The number of aliphatic hydroxyl groups excluding tert-OH is 1. The topological polar surface area (TPSA) is 105 Å². The van der Waals surface area contributed by atoms with Crippen LogP contribution in [0.4, 0.5) is 0 Å². The molecule has 1 amide bonds. The second kappa shape index (κ2) is 43.7. The number of rotatable bonds is 46. The monoisotopic (exact) mass is 880 g/mol. The van der Waals surface area contributed by atoms with Crippen LogP contribution in [0, 0.1) is 0 Å². The van der Waals surface area contributed by atoms with Gasteiger partial charge in [0.2, 0.25) is 5.91 Å². The molecular weight excluding hydrogens is 780 g/mol. The van der Waals surface area contributed by atoms with E-state index in [4.69, 9.17) is 9.05 Å². The van der Waals surface area contributed by atoms with Gasteiger partial charge in [-0.3, -0.25) is 13.8 Å². The first kappa shape index (κ1) is 59.5. The van der Waals surface area contributed by atoms with Gasteiger partial charge in [0.25, 0.3) is 0 Å². The van der Waals surface area contributed by atoms with Crippen LogP contribution in [0.2, 0.25) is 0 Å². The third-order valence-corrected chi connectivity index (χ3v) is 12.3. The maximum Gasteiger partial charge on any atom is 0.472 e. The van der Waals surface area contributed by atoms with Gasteiger partial charge in [0.1, 0.15) is 13.2 Å². The number of quaternary nitrogens is 1. The zero-order valence-corrected chi connectivity index (χ0v) is 41.5. The fraction of sp³-hybridized carbons (Fsp3) is 0.827. The van der Waals surface area contributed by atoms with E-state index in [1.807, 2.05) is 27.2 Å². The van der Waals surface area contributed by atoms with Crippen molar-refractivity contribution in [1.82, 2.24) is 5.32 Å². The third-order valence-electron chi connectivity index (χ3n) is 11.3. The van der Waals surface area contributed by atoms with Crippen molar-refractivity contribution in [3.05, 3.63) is 48.6 Å². The van der Waals surface area contributed by atoms with Crippen LogP contribution in [0.5, 0.6) is 0 Å². The van der Waals surface area contributed by atoms with Crippen LogP contribution in [0.15, 0.2) is 48.6 Å². The molecule has 0 rings (SSSR count). The van der Waals surface area contributed by atoms with Gasteiger partial charge in [-0.1, -0.05) is 204 Å². The Kier molecular flexibility index (Phi) is 42.6. The molecular formula is C52H100N2O6P+. The van der Waals surface area contributed by atoms with Crippen LogP contribution >= 0.6 is 7.82 Å². The summed E-state index contributed by atoms with van der Waals surface area (Å²) in [5.74, 6) is -0.191. The molecule has 0 aromatic rings. The fourth-order valence-corrected chi connectivity index (χ4v) is 7.94. The Hall–Kier alpha value is -1.54. The highest BCUT2D eigenvalue weighted by Crippen LogP contribution is 2.43. The smallest absolute Gasteiger partial charge is 0.387 e. The number of phosphoric acid groups is 1. The molecule has 0 aliphatic rings. The minimum absolute atomic E-state index is 0.0544. The van der Waals surface area contributed by atoms with Gasteiger partial charge < -0.3 is 19.8 Å². The molecule has 358 valence electrons. The molecule has 9 heteroatoms. The zero-order valence-electron chi connectivity index (χ0n) is 40.7. The number of likely N-dealkylation sites (N-methyl/N-ethyl adjacent to an activating group) is 1. The predicted molar refractivity (Wildman–Crippen MR) is 263 cm³/mol. The van der Waals surface area contributed by atoms with Gasteiger partial charge in [-0.25, -0.2) is 4.57 Å². The summed E-state index contributed by atoms with van der Waals surface area (Å²) in [5, 5.41) is 13.9. The summed E-state index contributed by atoms with van der Waals surface area (Å²) in [6, 6.07) is -0.866. The van der Waals surface area contributed by atoms with E-state index in [0.717, 1.165) is 44.9 Å². The van der Waals surface area contributed by atoms with E-state index in [-0.39, 0.29) is 19.1 Å². The van der Waals surface area contributed by atoms with E-state index < -0.39 is 20.0 Å². The zero-order chi connectivity index (χ0) is 45.0. The normalized spacial score (nSPS) is 14.5. The molecule has 0 saturated heterocycles. The summed E-state index contributed by atoms with van der Waals surface area (Å²) in [6.45, 7) is 4.78. The SMILES string of the molecule is CCCCC/C=C\C/C=C\CCCCCCCCCCCC(=O)NC(COP(=O)(O)OCC[N+](C)(C)C)C(O)/C=C/CC/C=C/CCCCCCCCCCCCCCCC. The van der Waals surface area contributed by atoms with Crippen LogP contribution in [0.3, 0.4) is 0 Å². The molecule has 0 bridgehead atoms. The lowest BCUT2D eigenvalue weighted by atomic mass is 10.0. The number of hydrogen-bond donors (Lipinski definition) is 3. The molecule has 0 aromatic carbocycles. The molecule has 0 aromatic heterocycles. The molecule has 0 fully saturated rings. The second-order valence-electron chi connectivity index (χ2n) is 18.5. The van der Waals surface area contributed by atoms with Crippen molar-refractivity contribution < 1.29 is 32.9 Å².